The third-order valence-electron chi connectivity index (χ3n) is 2.65. The first kappa shape index (κ1) is 18.2. The van der Waals surface area contributed by atoms with Gasteiger partial charge in [-0.25, -0.2) is 17.2 Å². The lowest BCUT2D eigenvalue weighted by Gasteiger charge is -2.21. The number of rotatable bonds is 6. The van der Waals surface area contributed by atoms with Crippen LogP contribution in [0, 0.1) is 0 Å². The van der Waals surface area contributed by atoms with Crippen LogP contribution in [0.15, 0.2) is 24.3 Å². The van der Waals surface area contributed by atoms with Gasteiger partial charge >= 0.3 is 12.3 Å². The molecule has 1 amide bonds. The Labute approximate surface area is 124 Å². The van der Waals surface area contributed by atoms with E-state index in [9.17, 15) is 30.8 Å². The highest BCUT2D eigenvalue weighted by molar-refractivity contribution is 7.92. The smallest absolute Gasteiger partial charge is 0.344 e. The average molecular weight is 342 g/mol. The van der Waals surface area contributed by atoms with Crippen LogP contribution >= 0.6 is 0 Å². The van der Waals surface area contributed by atoms with Gasteiger partial charge in [-0.15, -0.1) is 0 Å². The number of alkyl halides is 4. The first-order valence-electron chi connectivity index (χ1n) is 5.98. The van der Waals surface area contributed by atoms with Gasteiger partial charge in [0.2, 0.25) is 10.0 Å². The normalized spacial score (nSPS) is 13.8. The molecular formula is C12H14F4N2O3S. The van der Waals surface area contributed by atoms with E-state index in [2.05, 4.69) is 4.72 Å². The molecule has 5 nitrogen and oxygen atoms in total. The van der Waals surface area contributed by atoms with E-state index in [1.54, 1.807) is 5.32 Å². The molecule has 0 heterocycles. The molecule has 0 aliphatic carbocycles. The van der Waals surface area contributed by atoms with Crippen LogP contribution in [0.1, 0.15) is 18.5 Å². The minimum Gasteiger partial charge on any atom is -0.344 e. The summed E-state index contributed by atoms with van der Waals surface area (Å²) in [6.45, 7) is 1.27. The third kappa shape index (κ3) is 4.58. The Morgan fingerprint density at radius 3 is 2.27 bits per heavy atom. The largest absolute Gasteiger partial charge is 0.383 e. The lowest BCUT2D eigenvalue weighted by atomic mass is 10.1. The Morgan fingerprint density at radius 2 is 1.77 bits per heavy atom. The number of anilines is 1. The number of benzene rings is 1. The van der Waals surface area contributed by atoms with Crippen molar-refractivity contribution in [3.63, 3.8) is 0 Å². The van der Waals surface area contributed by atoms with Crippen molar-refractivity contribution in [1.29, 1.82) is 0 Å². The van der Waals surface area contributed by atoms with Gasteiger partial charge in [-0.1, -0.05) is 18.2 Å². The van der Waals surface area contributed by atoms with Crippen LogP contribution in [0.4, 0.5) is 23.2 Å². The van der Waals surface area contributed by atoms with Gasteiger partial charge in [-0.2, -0.15) is 8.78 Å². The average Bonchev–Trinajstić information content (AvgIpc) is 2.36. The quantitative estimate of drug-likeness (QED) is 0.778. The zero-order chi connectivity index (χ0) is 17.1. The molecule has 0 aliphatic heterocycles. The fraction of sp³-hybridized carbons (Fsp3) is 0.417. The van der Waals surface area contributed by atoms with Gasteiger partial charge < -0.3 is 5.32 Å². The molecule has 1 unspecified atom stereocenters. The van der Waals surface area contributed by atoms with Crippen molar-refractivity contribution in [2.75, 3.05) is 11.0 Å². The van der Waals surface area contributed by atoms with E-state index in [-0.39, 0.29) is 11.3 Å². The maximum Gasteiger partial charge on any atom is 0.383 e. The number of amides is 1. The number of carbonyl (C=O) groups is 1. The van der Waals surface area contributed by atoms with Gasteiger partial charge in [-0.3, -0.25) is 9.52 Å². The molecular weight excluding hydrogens is 328 g/mol. The number of carbonyl (C=O) groups excluding carboxylic acids is 1. The highest BCUT2D eigenvalue weighted by Crippen LogP contribution is 2.27. The van der Waals surface area contributed by atoms with E-state index in [0.717, 1.165) is 6.26 Å². The minimum absolute atomic E-state index is 0.0539. The summed E-state index contributed by atoms with van der Waals surface area (Å²) in [5, 5.41) is 1.74. The molecule has 0 aromatic heterocycles. The summed E-state index contributed by atoms with van der Waals surface area (Å²) in [4.78, 5) is 11.2. The number of para-hydroxylation sites is 1. The standard InChI is InChI=1S/C12H14F4N2O3S/c1-7(17-11(19)12(15,16)10(13)14)8-5-3-4-6-9(8)18-22(2,20)21/h3-7,10,18H,1-2H3,(H,17,19). The Kier molecular flexibility index (Phi) is 5.39. The summed E-state index contributed by atoms with van der Waals surface area (Å²) < 4.78 is 74.7. The summed E-state index contributed by atoms with van der Waals surface area (Å²) >= 11 is 0. The van der Waals surface area contributed by atoms with Gasteiger partial charge in [0.25, 0.3) is 5.91 Å². The molecule has 0 saturated carbocycles. The van der Waals surface area contributed by atoms with E-state index in [1.807, 2.05) is 0 Å². The molecule has 0 bridgehead atoms. The highest BCUT2D eigenvalue weighted by Gasteiger charge is 2.49. The Balaban J connectivity index is 3.00. The number of hydrogen-bond acceptors (Lipinski definition) is 3. The first-order chi connectivity index (χ1) is 9.95. The molecule has 0 radical (unpaired) electrons. The van der Waals surface area contributed by atoms with Crippen LogP contribution in [0.3, 0.4) is 0 Å². The summed E-state index contributed by atoms with van der Waals surface area (Å²) in [6, 6.07) is 4.59. The topological polar surface area (TPSA) is 75.3 Å². The summed E-state index contributed by atoms with van der Waals surface area (Å²) in [6.07, 6.45) is -3.25. The number of halogens is 4. The second kappa shape index (κ2) is 6.51. The molecule has 10 heteroatoms. The molecule has 124 valence electrons. The summed E-state index contributed by atoms with van der Waals surface area (Å²) in [7, 11) is -3.63. The van der Waals surface area contributed by atoms with Gasteiger partial charge in [0.15, 0.2) is 0 Å². The molecule has 0 spiro atoms. The minimum atomic E-state index is -4.83. The molecule has 1 aromatic carbocycles. The summed E-state index contributed by atoms with van der Waals surface area (Å²) in [5.74, 6) is -6.96. The summed E-state index contributed by atoms with van der Waals surface area (Å²) in [5.41, 5.74) is 0.213. The fourth-order valence-corrected chi connectivity index (χ4v) is 2.22. The second-order valence-electron chi connectivity index (χ2n) is 4.58. The SMILES string of the molecule is CC(NC(=O)C(F)(F)C(F)F)c1ccccc1NS(C)(=O)=O. The van der Waals surface area contributed by atoms with Crippen molar-refractivity contribution in [2.24, 2.45) is 0 Å². The molecule has 1 rings (SSSR count). The fourth-order valence-electron chi connectivity index (χ4n) is 1.64. The van der Waals surface area contributed by atoms with E-state index in [1.165, 1.54) is 31.2 Å². The second-order valence-corrected chi connectivity index (χ2v) is 6.33. The molecule has 0 saturated heterocycles. The van der Waals surface area contributed by atoms with E-state index in [0.29, 0.717) is 0 Å². The number of hydrogen-bond donors (Lipinski definition) is 2. The monoisotopic (exact) mass is 342 g/mol. The zero-order valence-corrected chi connectivity index (χ0v) is 12.4. The van der Waals surface area contributed by atoms with Gasteiger partial charge in [0.1, 0.15) is 0 Å². The maximum absolute atomic E-state index is 12.9. The molecule has 2 N–H and O–H groups in total. The van der Waals surface area contributed by atoms with Crippen LogP contribution in [0.2, 0.25) is 0 Å². The van der Waals surface area contributed by atoms with E-state index in [4.69, 9.17) is 0 Å². The lowest BCUT2D eigenvalue weighted by molar-refractivity contribution is -0.170. The molecule has 1 aromatic rings. The van der Waals surface area contributed by atoms with Gasteiger partial charge in [-0.05, 0) is 18.6 Å². The number of sulfonamides is 1. The Morgan fingerprint density at radius 1 is 1.23 bits per heavy atom. The molecule has 22 heavy (non-hydrogen) atoms. The van der Waals surface area contributed by atoms with E-state index < -0.39 is 34.3 Å². The van der Waals surface area contributed by atoms with Crippen LogP contribution in [-0.2, 0) is 14.8 Å². The van der Waals surface area contributed by atoms with Crippen LogP contribution in [0.5, 0.6) is 0 Å². The highest BCUT2D eigenvalue weighted by atomic mass is 32.2. The van der Waals surface area contributed by atoms with Crippen molar-refractivity contribution in [2.45, 2.75) is 25.3 Å². The van der Waals surface area contributed by atoms with Crippen molar-refractivity contribution < 1.29 is 30.8 Å². The third-order valence-corrected chi connectivity index (χ3v) is 3.24. The van der Waals surface area contributed by atoms with Crippen LogP contribution < -0.4 is 10.0 Å². The molecule has 0 fully saturated rings. The Bertz CT molecular complexity index is 650. The van der Waals surface area contributed by atoms with Gasteiger partial charge in [0.05, 0.1) is 18.0 Å². The Hall–Kier alpha value is -1.84. The maximum atomic E-state index is 12.9. The molecule has 1 atom stereocenters. The predicted octanol–water partition coefficient (Wildman–Crippen LogP) is 2.14. The van der Waals surface area contributed by atoms with Crippen molar-refractivity contribution in [3.8, 4) is 0 Å². The van der Waals surface area contributed by atoms with Crippen molar-refractivity contribution in [1.82, 2.24) is 5.32 Å². The zero-order valence-electron chi connectivity index (χ0n) is 11.6. The molecule has 0 aliphatic rings. The van der Waals surface area contributed by atoms with Crippen molar-refractivity contribution in [3.05, 3.63) is 29.8 Å². The van der Waals surface area contributed by atoms with Crippen LogP contribution in [-0.4, -0.2) is 32.9 Å². The van der Waals surface area contributed by atoms with Crippen molar-refractivity contribution >= 4 is 21.6 Å². The lowest BCUT2D eigenvalue weighted by Crippen LogP contribution is -2.46. The number of nitrogens with one attached hydrogen (secondary N) is 2. The first-order valence-corrected chi connectivity index (χ1v) is 7.88. The van der Waals surface area contributed by atoms with Crippen LogP contribution in [0.25, 0.3) is 0 Å². The van der Waals surface area contributed by atoms with Gasteiger partial charge in [0, 0.05) is 0 Å². The predicted molar refractivity (Wildman–Crippen MR) is 72.4 cm³/mol. The van der Waals surface area contributed by atoms with E-state index >= 15 is 0 Å².